The molecular weight excluding hydrogens is 372 g/mol. The molecule has 1 aliphatic carbocycles. The van der Waals surface area contributed by atoms with Crippen molar-refractivity contribution in [3.05, 3.63) is 58.8 Å². The number of aromatic nitrogens is 1. The van der Waals surface area contributed by atoms with Gasteiger partial charge < -0.3 is 20.9 Å². The standard InChI is InChI=1S/C23H26N4O.C2H6/c1-15-10-16-6-4-2-3-5-7-17(16)12-20(15)22-14-26-23(28-22)27-19-8-9-21(25)18(11-19)13-24;1-2/h8-14,24H,2-7,25H2,1H3,(H,26,27);1-2H3. The lowest BCUT2D eigenvalue weighted by Crippen LogP contribution is -2.01. The zero-order chi connectivity index (χ0) is 21.5. The van der Waals surface area contributed by atoms with Crippen LogP contribution in [0.2, 0.25) is 0 Å². The number of aryl methyl sites for hydroxylation is 3. The lowest BCUT2D eigenvalue weighted by molar-refractivity contribution is 0.590. The predicted molar refractivity (Wildman–Crippen MR) is 126 cm³/mol. The zero-order valence-corrected chi connectivity index (χ0v) is 18.2. The summed E-state index contributed by atoms with van der Waals surface area (Å²) < 4.78 is 5.99. The van der Waals surface area contributed by atoms with Gasteiger partial charge in [0.25, 0.3) is 6.01 Å². The molecule has 0 unspecified atom stereocenters. The van der Waals surface area contributed by atoms with Crippen LogP contribution in [-0.4, -0.2) is 11.2 Å². The quantitative estimate of drug-likeness (QED) is 0.335. The Hall–Kier alpha value is -3.08. The molecule has 3 aromatic rings. The highest BCUT2D eigenvalue weighted by Gasteiger charge is 2.14. The molecule has 4 rings (SSSR count). The van der Waals surface area contributed by atoms with Gasteiger partial charge in [-0.3, -0.25) is 0 Å². The molecule has 0 saturated carbocycles. The van der Waals surface area contributed by atoms with E-state index >= 15 is 0 Å². The van der Waals surface area contributed by atoms with Crippen LogP contribution in [0.1, 0.15) is 61.8 Å². The molecule has 5 heteroatoms. The molecule has 0 atom stereocenters. The van der Waals surface area contributed by atoms with E-state index in [1.165, 1.54) is 55.0 Å². The lowest BCUT2D eigenvalue weighted by Gasteiger charge is -2.16. The van der Waals surface area contributed by atoms with Crippen molar-refractivity contribution in [2.75, 3.05) is 11.1 Å². The Morgan fingerprint density at radius 1 is 1.03 bits per heavy atom. The molecule has 1 aromatic heterocycles. The van der Waals surface area contributed by atoms with Crippen molar-refractivity contribution in [3.8, 4) is 11.3 Å². The summed E-state index contributed by atoms with van der Waals surface area (Å²) in [5.74, 6) is 0.771. The van der Waals surface area contributed by atoms with Gasteiger partial charge in [0.1, 0.15) is 0 Å². The first-order valence-corrected chi connectivity index (χ1v) is 10.9. The van der Waals surface area contributed by atoms with Crippen molar-refractivity contribution in [1.82, 2.24) is 4.98 Å². The van der Waals surface area contributed by atoms with E-state index in [4.69, 9.17) is 15.6 Å². The Labute approximate surface area is 179 Å². The SMILES string of the molecule is CC.Cc1cc2c(cc1-c1cnc(Nc3ccc(N)c(C=N)c3)o1)CCCCCC2. The summed E-state index contributed by atoms with van der Waals surface area (Å²) in [6, 6.07) is 10.5. The summed E-state index contributed by atoms with van der Waals surface area (Å²) >= 11 is 0. The van der Waals surface area contributed by atoms with E-state index < -0.39 is 0 Å². The van der Waals surface area contributed by atoms with E-state index in [2.05, 4.69) is 29.4 Å². The molecular formula is C25H32N4O. The fourth-order valence-corrected chi connectivity index (χ4v) is 3.89. The molecule has 30 heavy (non-hydrogen) atoms. The van der Waals surface area contributed by atoms with Crippen molar-refractivity contribution in [2.24, 2.45) is 0 Å². The minimum atomic E-state index is 0.432. The highest BCUT2D eigenvalue weighted by atomic mass is 16.4. The Bertz CT molecular complexity index is 1010. The molecule has 5 nitrogen and oxygen atoms in total. The van der Waals surface area contributed by atoms with E-state index in [0.29, 0.717) is 17.3 Å². The molecule has 4 N–H and O–H groups in total. The van der Waals surface area contributed by atoms with Crippen LogP contribution in [0.3, 0.4) is 0 Å². The largest absolute Gasteiger partial charge is 0.423 e. The molecule has 1 heterocycles. The monoisotopic (exact) mass is 404 g/mol. The van der Waals surface area contributed by atoms with Gasteiger partial charge in [-0.05, 0) is 73.6 Å². The van der Waals surface area contributed by atoms with Crippen LogP contribution in [0, 0.1) is 12.3 Å². The van der Waals surface area contributed by atoms with Crippen molar-refractivity contribution in [3.63, 3.8) is 0 Å². The first-order valence-electron chi connectivity index (χ1n) is 10.9. The summed E-state index contributed by atoms with van der Waals surface area (Å²) in [4.78, 5) is 4.39. The topological polar surface area (TPSA) is 87.9 Å². The van der Waals surface area contributed by atoms with Crippen LogP contribution in [-0.2, 0) is 12.8 Å². The molecule has 0 spiro atoms. The fourth-order valence-electron chi connectivity index (χ4n) is 3.89. The number of oxazole rings is 1. The van der Waals surface area contributed by atoms with Crippen LogP contribution >= 0.6 is 0 Å². The molecule has 158 valence electrons. The predicted octanol–water partition coefficient (Wildman–Crippen LogP) is 6.66. The Morgan fingerprint density at radius 2 is 1.73 bits per heavy atom. The van der Waals surface area contributed by atoms with E-state index in [-0.39, 0.29) is 0 Å². The third kappa shape index (κ3) is 4.90. The Morgan fingerprint density at radius 3 is 2.43 bits per heavy atom. The summed E-state index contributed by atoms with van der Waals surface area (Å²) in [5.41, 5.74) is 13.1. The second kappa shape index (κ2) is 10.1. The smallest absolute Gasteiger partial charge is 0.299 e. The first-order chi connectivity index (χ1) is 14.6. The molecule has 0 aliphatic heterocycles. The maximum Gasteiger partial charge on any atom is 0.299 e. The Balaban J connectivity index is 0.00000124. The van der Waals surface area contributed by atoms with Crippen LogP contribution in [0.25, 0.3) is 11.3 Å². The number of hydrogen-bond donors (Lipinski definition) is 3. The maximum atomic E-state index is 7.43. The van der Waals surface area contributed by atoms with Crippen LogP contribution in [0.5, 0.6) is 0 Å². The highest BCUT2D eigenvalue weighted by Crippen LogP contribution is 2.32. The van der Waals surface area contributed by atoms with Gasteiger partial charge in [0.05, 0.1) is 6.20 Å². The lowest BCUT2D eigenvalue weighted by atomic mass is 9.89. The summed E-state index contributed by atoms with van der Waals surface area (Å²) in [6.07, 6.45) is 10.5. The number of nitrogens with one attached hydrogen (secondary N) is 2. The van der Waals surface area contributed by atoms with Crippen LogP contribution < -0.4 is 11.1 Å². The average molecular weight is 405 g/mol. The van der Waals surface area contributed by atoms with Crippen LogP contribution in [0.15, 0.2) is 40.9 Å². The number of benzene rings is 2. The number of nitrogen functional groups attached to an aromatic ring is 1. The molecule has 2 aromatic carbocycles. The third-order valence-corrected chi connectivity index (χ3v) is 5.45. The first kappa shape index (κ1) is 21.6. The second-order valence-corrected chi connectivity index (χ2v) is 7.49. The van der Waals surface area contributed by atoms with E-state index in [9.17, 15) is 0 Å². The number of rotatable bonds is 4. The van der Waals surface area contributed by atoms with E-state index in [1.807, 2.05) is 26.0 Å². The van der Waals surface area contributed by atoms with Gasteiger partial charge in [0.15, 0.2) is 5.76 Å². The minimum absolute atomic E-state index is 0.432. The maximum absolute atomic E-state index is 7.43. The van der Waals surface area contributed by atoms with Crippen molar-refractivity contribution in [2.45, 2.75) is 59.3 Å². The molecule has 0 radical (unpaired) electrons. The Kier molecular flexibility index (Phi) is 7.28. The third-order valence-electron chi connectivity index (χ3n) is 5.45. The number of anilines is 3. The van der Waals surface area contributed by atoms with Crippen molar-refractivity contribution >= 4 is 23.6 Å². The van der Waals surface area contributed by atoms with Gasteiger partial charge in [-0.1, -0.05) is 32.8 Å². The number of hydrogen-bond acceptors (Lipinski definition) is 5. The summed E-state index contributed by atoms with van der Waals surface area (Å²) in [6.45, 7) is 6.14. The van der Waals surface area contributed by atoms with Crippen LogP contribution in [0.4, 0.5) is 17.4 Å². The number of nitrogens with zero attached hydrogens (tertiary/aromatic N) is 1. The van der Waals surface area contributed by atoms with E-state index in [1.54, 1.807) is 12.3 Å². The number of fused-ring (bicyclic) bond motifs is 1. The molecule has 0 saturated heterocycles. The second-order valence-electron chi connectivity index (χ2n) is 7.49. The number of nitrogens with two attached hydrogens (primary N) is 1. The molecule has 0 bridgehead atoms. The van der Waals surface area contributed by atoms with E-state index in [0.717, 1.165) is 23.4 Å². The van der Waals surface area contributed by atoms with Gasteiger partial charge in [0.2, 0.25) is 0 Å². The zero-order valence-electron chi connectivity index (χ0n) is 18.2. The van der Waals surface area contributed by atoms with Gasteiger partial charge in [-0.25, -0.2) is 4.98 Å². The van der Waals surface area contributed by atoms with Gasteiger partial charge in [-0.15, -0.1) is 0 Å². The normalized spacial score (nSPS) is 13.3. The molecule has 0 amide bonds. The molecule has 1 aliphatic rings. The summed E-state index contributed by atoms with van der Waals surface area (Å²) in [5, 5.41) is 10.6. The average Bonchev–Trinajstić information content (AvgIpc) is 3.20. The molecule has 0 fully saturated rings. The summed E-state index contributed by atoms with van der Waals surface area (Å²) in [7, 11) is 0. The van der Waals surface area contributed by atoms with Gasteiger partial charge in [-0.2, -0.15) is 0 Å². The van der Waals surface area contributed by atoms with Gasteiger partial charge >= 0.3 is 0 Å². The van der Waals surface area contributed by atoms with Gasteiger partial charge in [0, 0.05) is 28.7 Å². The highest BCUT2D eigenvalue weighted by molar-refractivity contribution is 5.87. The minimum Gasteiger partial charge on any atom is -0.423 e. The van der Waals surface area contributed by atoms with Crippen molar-refractivity contribution < 1.29 is 4.42 Å². The van der Waals surface area contributed by atoms with Crippen molar-refractivity contribution in [1.29, 1.82) is 5.41 Å². The fraction of sp³-hybridized carbons (Fsp3) is 0.360.